The van der Waals surface area contributed by atoms with Crippen LogP contribution in [0.25, 0.3) is 0 Å². The lowest BCUT2D eigenvalue weighted by molar-refractivity contribution is 0.351. The molecule has 1 atom stereocenters. The summed E-state index contributed by atoms with van der Waals surface area (Å²) in [5.74, 6) is 1.07. The summed E-state index contributed by atoms with van der Waals surface area (Å²) in [6.07, 6.45) is 6.64. The monoisotopic (exact) mass is 335 g/mol. The maximum atomic E-state index is 5.75. The van der Waals surface area contributed by atoms with Gasteiger partial charge in [0.25, 0.3) is 0 Å². The molecule has 2 heterocycles. The fraction of sp³-hybridized carbons (Fsp3) is 0.400. The molecule has 0 bridgehead atoms. The standard InChI is InChI=1S/C15H18BrN3O/c1-11(9-19-4-3-17-10-19)18-8-13-7-14(16)6-12-2-5-20-15(12)13/h3-4,6-7,10-11,18H,2,5,8-9H2,1H3. The van der Waals surface area contributed by atoms with Gasteiger partial charge in [0.2, 0.25) is 0 Å². The number of fused-ring (bicyclic) bond motifs is 1. The molecule has 5 heteroatoms. The fourth-order valence-corrected chi connectivity index (χ4v) is 3.09. The Morgan fingerprint density at radius 1 is 1.50 bits per heavy atom. The lowest BCUT2D eigenvalue weighted by atomic mass is 10.1. The van der Waals surface area contributed by atoms with E-state index in [0.717, 1.165) is 36.3 Å². The molecule has 4 nitrogen and oxygen atoms in total. The van der Waals surface area contributed by atoms with Crippen molar-refractivity contribution < 1.29 is 4.74 Å². The van der Waals surface area contributed by atoms with Crippen LogP contribution in [0, 0.1) is 0 Å². The van der Waals surface area contributed by atoms with Gasteiger partial charge in [-0.1, -0.05) is 15.9 Å². The van der Waals surface area contributed by atoms with E-state index < -0.39 is 0 Å². The second kappa shape index (κ2) is 5.97. The third-order valence-corrected chi connectivity index (χ3v) is 3.97. The van der Waals surface area contributed by atoms with E-state index in [4.69, 9.17) is 4.74 Å². The van der Waals surface area contributed by atoms with Crippen molar-refractivity contribution in [1.29, 1.82) is 0 Å². The Balaban J connectivity index is 1.64. The summed E-state index contributed by atoms with van der Waals surface area (Å²) in [4.78, 5) is 4.06. The average Bonchev–Trinajstić information content (AvgIpc) is 3.06. The van der Waals surface area contributed by atoms with Crippen LogP contribution in [0.5, 0.6) is 5.75 Å². The number of aromatic nitrogens is 2. The summed E-state index contributed by atoms with van der Waals surface area (Å²) in [6, 6.07) is 4.67. The fourth-order valence-electron chi connectivity index (χ4n) is 2.54. The summed E-state index contributed by atoms with van der Waals surface area (Å²) in [6.45, 7) is 4.71. The van der Waals surface area contributed by atoms with Crippen molar-refractivity contribution in [2.45, 2.75) is 32.5 Å². The van der Waals surface area contributed by atoms with Crippen LogP contribution in [0.3, 0.4) is 0 Å². The average molecular weight is 336 g/mol. The van der Waals surface area contributed by atoms with Gasteiger partial charge in [-0.3, -0.25) is 0 Å². The van der Waals surface area contributed by atoms with Crippen molar-refractivity contribution in [3.8, 4) is 5.75 Å². The van der Waals surface area contributed by atoms with Gasteiger partial charge in [-0.05, 0) is 24.6 Å². The van der Waals surface area contributed by atoms with Crippen molar-refractivity contribution in [2.75, 3.05) is 6.61 Å². The molecule has 3 rings (SSSR count). The van der Waals surface area contributed by atoms with Crippen LogP contribution < -0.4 is 10.1 Å². The van der Waals surface area contributed by atoms with E-state index in [0.29, 0.717) is 6.04 Å². The Hall–Kier alpha value is -1.33. The van der Waals surface area contributed by atoms with Crippen molar-refractivity contribution in [3.05, 3.63) is 46.5 Å². The largest absolute Gasteiger partial charge is 0.493 e. The molecular formula is C15H18BrN3O. The van der Waals surface area contributed by atoms with Gasteiger partial charge in [0.05, 0.1) is 12.9 Å². The van der Waals surface area contributed by atoms with Gasteiger partial charge in [-0.25, -0.2) is 4.98 Å². The molecule has 1 unspecified atom stereocenters. The molecular weight excluding hydrogens is 318 g/mol. The molecule has 20 heavy (non-hydrogen) atoms. The summed E-state index contributed by atoms with van der Waals surface area (Å²) in [5.41, 5.74) is 2.53. The van der Waals surface area contributed by atoms with Gasteiger partial charge >= 0.3 is 0 Å². The molecule has 0 spiro atoms. The number of rotatable bonds is 5. The van der Waals surface area contributed by atoms with E-state index in [1.165, 1.54) is 11.1 Å². The maximum Gasteiger partial charge on any atom is 0.127 e. The summed E-state index contributed by atoms with van der Waals surface area (Å²) >= 11 is 3.58. The Bertz CT molecular complexity index is 583. The number of benzene rings is 1. The third-order valence-electron chi connectivity index (χ3n) is 3.51. The van der Waals surface area contributed by atoms with Crippen molar-refractivity contribution in [3.63, 3.8) is 0 Å². The van der Waals surface area contributed by atoms with Crippen molar-refractivity contribution >= 4 is 15.9 Å². The first kappa shape index (κ1) is 13.6. The highest BCUT2D eigenvalue weighted by atomic mass is 79.9. The molecule has 0 aliphatic carbocycles. The molecule has 1 aliphatic rings. The predicted octanol–water partition coefficient (Wildman–Crippen LogP) is 2.76. The summed E-state index contributed by atoms with van der Waals surface area (Å²) < 4.78 is 8.96. The van der Waals surface area contributed by atoms with Gasteiger partial charge in [-0.2, -0.15) is 0 Å². The minimum atomic E-state index is 0.375. The molecule has 1 aromatic carbocycles. The first-order valence-corrected chi connectivity index (χ1v) is 7.65. The lowest BCUT2D eigenvalue weighted by Crippen LogP contribution is -2.29. The Labute approximate surface area is 127 Å². The number of halogens is 1. The molecule has 0 fully saturated rings. The molecule has 0 amide bonds. The van der Waals surface area contributed by atoms with Gasteiger partial charge in [0.1, 0.15) is 5.75 Å². The first-order chi connectivity index (χ1) is 9.72. The normalized spacial score (nSPS) is 14.9. The SMILES string of the molecule is CC(Cn1ccnc1)NCc1cc(Br)cc2c1OCC2. The van der Waals surface area contributed by atoms with E-state index in [2.05, 4.69) is 49.9 Å². The van der Waals surface area contributed by atoms with Gasteiger partial charge in [-0.15, -0.1) is 0 Å². The van der Waals surface area contributed by atoms with E-state index in [1.54, 1.807) is 0 Å². The number of hydrogen-bond acceptors (Lipinski definition) is 3. The highest BCUT2D eigenvalue weighted by molar-refractivity contribution is 9.10. The van der Waals surface area contributed by atoms with Gasteiger partial charge < -0.3 is 14.6 Å². The topological polar surface area (TPSA) is 39.1 Å². The second-order valence-electron chi connectivity index (χ2n) is 5.19. The number of ether oxygens (including phenoxy) is 1. The van der Waals surface area contributed by atoms with Crippen LogP contribution in [0.4, 0.5) is 0 Å². The highest BCUT2D eigenvalue weighted by Crippen LogP contribution is 2.32. The lowest BCUT2D eigenvalue weighted by Gasteiger charge is -2.16. The zero-order chi connectivity index (χ0) is 13.9. The summed E-state index contributed by atoms with van der Waals surface area (Å²) in [7, 11) is 0. The van der Waals surface area contributed by atoms with Gasteiger partial charge in [0.15, 0.2) is 0 Å². The minimum Gasteiger partial charge on any atom is -0.493 e. The maximum absolute atomic E-state index is 5.75. The molecule has 106 valence electrons. The highest BCUT2D eigenvalue weighted by Gasteiger charge is 2.17. The molecule has 0 saturated heterocycles. The molecule has 2 aromatic rings. The Morgan fingerprint density at radius 3 is 3.20 bits per heavy atom. The minimum absolute atomic E-state index is 0.375. The van der Waals surface area contributed by atoms with Gasteiger partial charge in [0, 0.05) is 48.0 Å². The molecule has 0 radical (unpaired) electrons. The molecule has 1 N–H and O–H groups in total. The van der Waals surface area contributed by atoms with E-state index >= 15 is 0 Å². The predicted molar refractivity (Wildman–Crippen MR) is 81.9 cm³/mol. The quantitative estimate of drug-likeness (QED) is 0.913. The third kappa shape index (κ3) is 3.04. The number of hydrogen-bond donors (Lipinski definition) is 1. The Morgan fingerprint density at radius 2 is 2.40 bits per heavy atom. The van der Waals surface area contributed by atoms with E-state index in [9.17, 15) is 0 Å². The smallest absolute Gasteiger partial charge is 0.127 e. The van der Waals surface area contributed by atoms with Crippen LogP contribution >= 0.6 is 15.9 Å². The number of nitrogens with zero attached hydrogens (tertiary/aromatic N) is 2. The van der Waals surface area contributed by atoms with Crippen LogP contribution in [0.15, 0.2) is 35.3 Å². The zero-order valence-corrected chi connectivity index (χ0v) is 13.1. The van der Waals surface area contributed by atoms with Crippen LogP contribution in [-0.2, 0) is 19.5 Å². The number of nitrogens with one attached hydrogen (secondary N) is 1. The number of imidazole rings is 1. The van der Waals surface area contributed by atoms with Crippen LogP contribution in [0.2, 0.25) is 0 Å². The first-order valence-electron chi connectivity index (χ1n) is 6.85. The van der Waals surface area contributed by atoms with E-state index in [-0.39, 0.29) is 0 Å². The summed E-state index contributed by atoms with van der Waals surface area (Å²) in [5, 5.41) is 3.54. The molecule has 1 aromatic heterocycles. The molecule has 1 aliphatic heterocycles. The second-order valence-corrected chi connectivity index (χ2v) is 6.11. The van der Waals surface area contributed by atoms with E-state index in [1.807, 2.05) is 18.7 Å². The van der Waals surface area contributed by atoms with Crippen molar-refractivity contribution in [1.82, 2.24) is 14.9 Å². The van der Waals surface area contributed by atoms with Crippen LogP contribution in [0.1, 0.15) is 18.1 Å². The zero-order valence-electron chi connectivity index (χ0n) is 11.5. The van der Waals surface area contributed by atoms with Crippen molar-refractivity contribution in [2.24, 2.45) is 0 Å². The molecule has 0 saturated carbocycles. The Kier molecular flexibility index (Phi) is 4.08. The van der Waals surface area contributed by atoms with Crippen LogP contribution in [-0.4, -0.2) is 22.2 Å².